The van der Waals surface area contributed by atoms with E-state index in [4.69, 9.17) is 4.42 Å². The molecule has 3 heterocycles. The molecule has 0 unspecified atom stereocenters. The van der Waals surface area contributed by atoms with Gasteiger partial charge in [-0.05, 0) is 94.0 Å². The molecule has 0 atom stereocenters. The van der Waals surface area contributed by atoms with Gasteiger partial charge in [-0.1, -0.05) is 123 Å². The fourth-order valence-corrected chi connectivity index (χ4v) is 9.72. The lowest BCUT2D eigenvalue weighted by Gasteiger charge is -2.22. The highest BCUT2D eigenvalue weighted by atomic mass is 16.3. The number of para-hydroxylation sites is 3. The summed E-state index contributed by atoms with van der Waals surface area (Å²) in [5.74, 6) is 0. The van der Waals surface area contributed by atoms with Crippen molar-refractivity contribution in [2.45, 2.75) is 19.3 Å². The van der Waals surface area contributed by atoms with Crippen molar-refractivity contribution in [2.75, 3.05) is 0 Å². The van der Waals surface area contributed by atoms with Crippen LogP contribution in [-0.4, -0.2) is 9.13 Å². The van der Waals surface area contributed by atoms with Crippen molar-refractivity contribution in [2.24, 2.45) is 0 Å². The molecule has 254 valence electrons. The van der Waals surface area contributed by atoms with Crippen LogP contribution in [0.25, 0.3) is 99.2 Å². The summed E-state index contributed by atoms with van der Waals surface area (Å²) in [6.45, 7) is 4.78. The molecule has 3 nitrogen and oxygen atoms in total. The summed E-state index contributed by atoms with van der Waals surface area (Å²) in [6, 6.07) is 62.0. The van der Waals surface area contributed by atoms with Crippen molar-refractivity contribution >= 4 is 65.6 Å². The third-order valence-electron chi connectivity index (χ3n) is 12.1. The minimum atomic E-state index is -0.144. The topological polar surface area (TPSA) is 23.0 Å². The number of benzene rings is 8. The number of furan rings is 1. The Bertz CT molecular complexity index is 3340. The predicted molar refractivity (Wildman–Crippen MR) is 225 cm³/mol. The van der Waals surface area contributed by atoms with Gasteiger partial charge in [-0.3, -0.25) is 0 Å². The van der Waals surface area contributed by atoms with E-state index >= 15 is 0 Å². The van der Waals surface area contributed by atoms with E-state index in [-0.39, 0.29) is 5.41 Å². The molecule has 3 aromatic heterocycles. The number of hydrogen-bond acceptors (Lipinski definition) is 1. The Labute approximate surface area is 311 Å². The van der Waals surface area contributed by atoms with Crippen LogP contribution in [0, 0.1) is 0 Å². The zero-order valence-corrected chi connectivity index (χ0v) is 30.0. The molecule has 0 saturated heterocycles. The predicted octanol–water partition coefficient (Wildman–Crippen LogP) is 13.8. The summed E-state index contributed by atoms with van der Waals surface area (Å²) in [5, 5.41) is 7.28. The average Bonchev–Trinajstić information content (AvgIpc) is 3.93. The second kappa shape index (κ2) is 10.6. The Balaban J connectivity index is 1.15. The van der Waals surface area contributed by atoms with Crippen LogP contribution in [-0.2, 0) is 5.41 Å². The first-order chi connectivity index (χ1) is 26.6. The summed E-state index contributed by atoms with van der Waals surface area (Å²) in [7, 11) is 0. The standard InChI is InChI=1S/C51H34N2O/c1-51(2)42-19-11-9-17-35(42)38-26-28-44-47(48(38)51)41-29-31(22-27-43(41)52(44)33-13-5-3-6-14-33)32-21-23-36-39-24-25-40-37-18-10-12-20-46(37)54-50(40)49(39)53(45(36)30-32)34-15-7-4-8-16-34/h3-30H,1-2H3. The van der Waals surface area contributed by atoms with Crippen molar-refractivity contribution < 1.29 is 4.42 Å². The number of rotatable bonds is 3. The first kappa shape index (κ1) is 29.7. The molecule has 1 aliphatic rings. The van der Waals surface area contributed by atoms with Crippen LogP contribution in [0.2, 0.25) is 0 Å². The van der Waals surface area contributed by atoms with Crippen LogP contribution in [0.4, 0.5) is 0 Å². The number of aromatic nitrogens is 2. The van der Waals surface area contributed by atoms with Gasteiger partial charge in [0, 0.05) is 49.1 Å². The maximum Gasteiger partial charge on any atom is 0.160 e. The Morgan fingerprint density at radius 1 is 0.444 bits per heavy atom. The lowest BCUT2D eigenvalue weighted by Crippen LogP contribution is -2.15. The van der Waals surface area contributed by atoms with Gasteiger partial charge in [-0.2, -0.15) is 0 Å². The van der Waals surface area contributed by atoms with E-state index in [0.29, 0.717) is 0 Å². The fraction of sp³-hybridized carbons (Fsp3) is 0.0588. The van der Waals surface area contributed by atoms with E-state index in [1.165, 1.54) is 71.6 Å². The van der Waals surface area contributed by atoms with E-state index in [1.807, 2.05) is 6.07 Å². The smallest absolute Gasteiger partial charge is 0.160 e. The van der Waals surface area contributed by atoms with Gasteiger partial charge >= 0.3 is 0 Å². The van der Waals surface area contributed by atoms with Gasteiger partial charge in [-0.25, -0.2) is 0 Å². The van der Waals surface area contributed by atoms with Gasteiger partial charge in [0.25, 0.3) is 0 Å². The largest absolute Gasteiger partial charge is 0.454 e. The van der Waals surface area contributed by atoms with Crippen LogP contribution < -0.4 is 0 Å². The first-order valence-electron chi connectivity index (χ1n) is 18.8. The summed E-state index contributed by atoms with van der Waals surface area (Å²) in [6.07, 6.45) is 0. The summed E-state index contributed by atoms with van der Waals surface area (Å²) in [5.41, 5.74) is 16.5. The number of hydrogen-bond donors (Lipinski definition) is 0. The molecule has 0 spiro atoms. The van der Waals surface area contributed by atoms with E-state index in [9.17, 15) is 0 Å². The highest BCUT2D eigenvalue weighted by molar-refractivity contribution is 6.22. The van der Waals surface area contributed by atoms with Gasteiger partial charge in [0.05, 0.1) is 22.1 Å². The minimum Gasteiger partial charge on any atom is -0.454 e. The van der Waals surface area contributed by atoms with Crippen molar-refractivity contribution in [3.8, 4) is 33.6 Å². The van der Waals surface area contributed by atoms with Crippen molar-refractivity contribution in [1.82, 2.24) is 9.13 Å². The molecular formula is C51H34N2O. The van der Waals surface area contributed by atoms with Gasteiger partial charge in [-0.15, -0.1) is 0 Å². The molecule has 11 aromatic rings. The SMILES string of the molecule is CC1(C)c2ccccc2-c2ccc3c(c21)c1cc(-c2ccc4c5ccc6c7ccccc7oc6c5n(-c5ccccc5)c4c2)ccc1n3-c1ccccc1. The second-order valence-electron chi connectivity index (χ2n) is 15.3. The third kappa shape index (κ3) is 3.85. The van der Waals surface area contributed by atoms with Crippen molar-refractivity contribution in [3.05, 3.63) is 181 Å². The van der Waals surface area contributed by atoms with Crippen LogP contribution in [0.15, 0.2) is 174 Å². The highest BCUT2D eigenvalue weighted by Gasteiger charge is 2.38. The molecule has 3 heteroatoms. The third-order valence-corrected chi connectivity index (χ3v) is 12.1. The molecule has 0 aliphatic heterocycles. The molecule has 0 N–H and O–H groups in total. The maximum atomic E-state index is 6.65. The summed E-state index contributed by atoms with van der Waals surface area (Å²) >= 11 is 0. The zero-order chi connectivity index (χ0) is 35.7. The number of fused-ring (bicyclic) bond motifs is 14. The molecule has 0 fully saturated rings. The Kier molecular flexibility index (Phi) is 5.84. The fourth-order valence-electron chi connectivity index (χ4n) is 9.72. The van der Waals surface area contributed by atoms with Crippen LogP contribution >= 0.6 is 0 Å². The van der Waals surface area contributed by atoms with Crippen molar-refractivity contribution in [1.29, 1.82) is 0 Å². The van der Waals surface area contributed by atoms with E-state index in [0.717, 1.165) is 38.7 Å². The summed E-state index contributed by atoms with van der Waals surface area (Å²) < 4.78 is 11.5. The van der Waals surface area contributed by atoms with E-state index in [2.05, 4.69) is 187 Å². The molecule has 0 saturated carbocycles. The minimum absolute atomic E-state index is 0.144. The van der Waals surface area contributed by atoms with Crippen molar-refractivity contribution in [3.63, 3.8) is 0 Å². The lowest BCUT2D eigenvalue weighted by atomic mass is 9.80. The first-order valence-corrected chi connectivity index (χ1v) is 18.8. The highest BCUT2D eigenvalue weighted by Crippen LogP contribution is 2.53. The Hall–Kier alpha value is -6.84. The number of nitrogens with zero attached hydrogens (tertiary/aromatic N) is 2. The maximum absolute atomic E-state index is 6.65. The Morgan fingerprint density at radius 2 is 1.09 bits per heavy atom. The normalized spacial score (nSPS) is 13.5. The monoisotopic (exact) mass is 690 g/mol. The Morgan fingerprint density at radius 3 is 1.93 bits per heavy atom. The zero-order valence-electron chi connectivity index (χ0n) is 30.0. The summed E-state index contributed by atoms with van der Waals surface area (Å²) in [4.78, 5) is 0. The molecule has 0 bridgehead atoms. The molecule has 12 rings (SSSR count). The van der Waals surface area contributed by atoms with Gasteiger partial charge in [0.15, 0.2) is 5.58 Å². The average molecular weight is 691 g/mol. The molecule has 8 aromatic carbocycles. The van der Waals surface area contributed by atoms with Gasteiger partial charge in [0.2, 0.25) is 0 Å². The van der Waals surface area contributed by atoms with E-state index in [1.54, 1.807) is 0 Å². The molecule has 1 aliphatic carbocycles. The van der Waals surface area contributed by atoms with Crippen LogP contribution in [0.3, 0.4) is 0 Å². The second-order valence-corrected chi connectivity index (χ2v) is 15.3. The van der Waals surface area contributed by atoms with Crippen LogP contribution in [0.5, 0.6) is 0 Å². The van der Waals surface area contributed by atoms with E-state index < -0.39 is 0 Å². The van der Waals surface area contributed by atoms with Gasteiger partial charge < -0.3 is 13.6 Å². The molecular weight excluding hydrogens is 657 g/mol. The molecule has 0 amide bonds. The van der Waals surface area contributed by atoms with Gasteiger partial charge in [0.1, 0.15) is 5.58 Å². The molecule has 0 radical (unpaired) electrons. The van der Waals surface area contributed by atoms with Crippen LogP contribution in [0.1, 0.15) is 25.0 Å². The molecule has 54 heavy (non-hydrogen) atoms. The lowest BCUT2D eigenvalue weighted by molar-refractivity contribution is 0.666. The quantitative estimate of drug-likeness (QED) is 0.181.